The molecule has 2 N–H and O–H groups in total. The predicted octanol–water partition coefficient (Wildman–Crippen LogP) is 3.60. The summed E-state index contributed by atoms with van der Waals surface area (Å²) in [6.45, 7) is 2.44. The van der Waals surface area contributed by atoms with Crippen molar-refractivity contribution in [2.45, 2.75) is 13.0 Å². The first-order valence-electron chi connectivity index (χ1n) is 8.15. The number of aromatic nitrogens is 1. The first-order valence-corrected chi connectivity index (χ1v) is 8.15. The SMILES string of the molecule is COc1ccc2cc(C(=O)NCC(OC)c3ccccc3C)[nH]c2c1. The normalized spacial score (nSPS) is 12.1. The lowest BCUT2D eigenvalue weighted by Crippen LogP contribution is -2.29. The molecule has 25 heavy (non-hydrogen) atoms. The number of carbonyl (C=O) groups excluding carboxylic acids is 1. The molecule has 0 bridgehead atoms. The Morgan fingerprint density at radius 3 is 2.68 bits per heavy atom. The molecule has 3 aromatic rings. The minimum atomic E-state index is -0.186. The molecule has 3 rings (SSSR count). The number of methoxy groups -OCH3 is 2. The number of aromatic amines is 1. The van der Waals surface area contributed by atoms with Gasteiger partial charge in [-0.2, -0.15) is 0 Å². The van der Waals surface area contributed by atoms with Gasteiger partial charge in [0.25, 0.3) is 5.91 Å². The van der Waals surface area contributed by atoms with Crippen molar-refractivity contribution >= 4 is 16.8 Å². The number of ether oxygens (including phenoxy) is 2. The second kappa shape index (κ2) is 7.40. The fraction of sp³-hybridized carbons (Fsp3) is 0.250. The van der Waals surface area contributed by atoms with Gasteiger partial charge in [0.15, 0.2) is 0 Å². The number of carbonyl (C=O) groups is 1. The second-order valence-corrected chi connectivity index (χ2v) is 5.93. The molecule has 1 heterocycles. The maximum absolute atomic E-state index is 12.5. The van der Waals surface area contributed by atoms with E-state index in [-0.39, 0.29) is 12.0 Å². The highest BCUT2D eigenvalue weighted by Crippen LogP contribution is 2.22. The molecule has 0 aliphatic heterocycles. The maximum Gasteiger partial charge on any atom is 0.267 e. The Bertz CT molecular complexity index is 886. The molecule has 0 radical (unpaired) electrons. The summed E-state index contributed by atoms with van der Waals surface area (Å²) in [5.74, 6) is 0.589. The molecule has 0 aliphatic carbocycles. The molecule has 5 nitrogen and oxygen atoms in total. The third-order valence-electron chi connectivity index (χ3n) is 4.34. The molecule has 130 valence electrons. The summed E-state index contributed by atoms with van der Waals surface area (Å²) < 4.78 is 10.8. The summed E-state index contributed by atoms with van der Waals surface area (Å²) in [6, 6.07) is 15.5. The minimum absolute atomic E-state index is 0.161. The molecule has 2 aromatic carbocycles. The Balaban J connectivity index is 1.72. The summed E-state index contributed by atoms with van der Waals surface area (Å²) in [5.41, 5.74) is 3.60. The second-order valence-electron chi connectivity index (χ2n) is 5.93. The van der Waals surface area contributed by atoms with Crippen LogP contribution in [0.5, 0.6) is 5.75 Å². The quantitative estimate of drug-likeness (QED) is 0.722. The highest BCUT2D eigenvalue weighted by Gasteiger charge is 2.16. The van der Waals surface area contributed by atoms with Crippen molar-refractivity contribution in [3.63, 3.8) is 0 Å². The van der Waals surface area contributed by atoms with Crippen LogP contribution in [0.25, 0.3) is 10.9 Å². The number of hydrogen-bond acceptors (Lipinski definition) is 3. The molecule has 0 aliphatic rings. The molecule has 1 unspecified atom stereocenters. The average Bonchev–Trinajstić information content (AvgIpc) is 3.06. The van der Waals surface area contributed by atoms with E-state index in [0.29, 0.717) is 12.2 Å². The number of amides is 1. The van der Waals surface area contributed by atoms with Crippen LogP contribution < -0.4 is 10.1 Å². The zero-order chi connectivity index (χ0) is 17.8. The van der Waals surface area contributed by atoms with Gasteiger partial charge >= 0.3 is 0 Å². The number of H-pyrrole nitrogens is 1. The highest BCUT2D eigenvalue weighted by molar-refractivity contribution is 5.98. The van der Waals surface area contributed by atoms with Crippen LogP contribution in [-0.4, -0.2) is 31.7 Å². The number of benzene rings is 2. The molecular weight excluding hydrogens is 316 g/mol. The summed E-state index contributed by atoms with van der Waals surface area (Å²) >= 11 is 0. The maximum atomic E-state index is 12.5. The Hall–Kier alpha value is -2.79. The van der Waals surface area contributed by atoms with E-state index in [1.807, 2.05) is 55.5 Å². The van der Waals surface area contributed by atoms with Crippen LogP contribution in [0, 0.1) is 6.92 Å². The lowest BCUT2D eigenvalue weighted by Gasteiger charge is -2.18. The van der Waals surface area contributed by atoms with Crippen LogP contribution in [0.3, 0.4) is 0 Å². The van der Waals surface area contributed by atoms with Crippen LogP contribution in [0.4, 0.5) is 0 Å². The molecule has 0 saturated carbocycles. The minimum Gasteiger partial charge on any atom is -0.497 e. The summed E-state index contributed by atoms with van der Waals surface area (Å²) in [7, 11) is 3.27. The van der Waals surface area contributed by atoms with E-state index in [1.54, 1.807) is 14.2 Å². The largest absolute Gasteiger partial charge is 0.497 e. The summed E-state index contributed by atoms with van der Waals surface area (Å²) in [4.78, 5) is 15.6. The van der Waals surface area contributed by atoms with Crippen molar-refractivity contribution < 1.29 is 14.3 Å². The van der Waals surface area contributed by atoms with Gasteiger partial charge in [-0.3, -0.25) is 4.79 Å². The predicted molar refractivity (Wildman–Crippen MR) is 98.1 cm³/mol. The van der Waals surface area contributed by atoms with Gasteiger partial charge in [-0.1, -0.05) is 24.3 Å². The van der Waals surface area contributed by atoms with Gasteiger partial charge < -0.3 is 19.8 Å². The van der Waals surface area contributed by atoms with Gasteiger partial charge in [-0.05, 0) is 36.2 Å². The molecule has 5 heteroatoms. The summed E-state index contributed by atoms with van der Waals surface area (Å²) in [5, 5.41) is 3.90. The first kappa shape index (κ1) is 17.0. The summed E-state index contributed by atoms with van der Waals surface area (Å²) in [6.07, 6.45) is -0.186. The van der Waals surface area contributed by atoms with Crippen molar-refractivity contribution in [1.82, 2.24) is 10.3 Å². The lowest BCUT2D eigenvalue weighted by molar-refractivity contribution is 0.0823. The zero-order valence-corrected chi connectivity index (χ0v) is 14.6. The molecule has 0 spiro atoms. The van der Waals surface area contributed by atoms with E-state index in [9.17, 15) is 4.79 Å². The van der Waals surface area contributed by atoms with E-state index < -0.39 is 0 Å². The van der Waals surface area contributed by atoms with E-state index in [4.69, 9.17) is 9.47 Å². The highest BCUT2D eigenvalue weighted by atomic mass is 16.5. The van der Waals surface area contributed by atoms with Gasteiger partial charge in [-0.15, -0.1) is 0 Å². The topological polar surface area (TPSA) is 63.4 Å². The Kier molecular flexibility index (Phi) is 5.05. The van der Waals surface area contributed by atoms with Crippen LogP contribution in [0.15, 0.2) is 48.5 Å². The van der Waals surface area contributed by atoms with Crippen LogP contribution in [0.2, 0.25) is 0 Å². The van der Waals surface area contributed by atoms with Crippen molar-refractivity contribution in [2.75, 3.05) is 20.8 Å². The third-order valence-corrected chi connectivity index (χ3v) is 4.34. The third kappa shape index (κ3) is 3.67. The van der Waals surface area contributed by atoms with Crippen LogP contribution >= 0.6 is 0 Å². The van der Waals surface area contributed by atoms with E-state index in [2.05, 4.69) is 10.3 Å². The smallest absolute Gasteiger partial charge is 0.267 e. The monoisotopic (exact) mass is 338 g/mol. The first-order chi connectivity index (χ1) is 12.1. The Morgan fingerprint density at radius 2 is 1.96 bits per heavy atom. The van der Waals surface area contributed by atoms with Gasteiger partial charge in [-0.25, -0.2) is 0 Å². The van der Waals surface area contributed by atoms with E-state index in [1.165, 1.54) is 0 Å². The van der Waals surface area contributed by atoms with Gasteiger partial charge in [0.1, 0.15) is 11.4 Å². The molecular formula is C20H22N2O3. The fourth-order valence-corrected chi connectivity index (χ4v) is 2.90. The van der Waals surface area contributed by atoms with Crippen molar-refractivity contribution in [3.05, 3.63) is 65.4 Å². The number of rotatable bonds is 6. The standard InChI is InChI=1S/C20H22N2O3/c1-13-6-4-5-7-16(13)19(25-3)12-21-20(23)18-10-14-8-9-15(24-2)11-17(14)22-18/h4-11,19,22H,12H2,1-3H3,(H,21,23). The van der Waals surface area contributed by atoms with Crippen LogP contribution in [-0.2, 0) is 4.74 Å². The van der Waals surface area contributed by atoms with E-state index >= 15 is 0 Å². The van der Waals surface area contributed by atoms with Gasteiger partial charge in [0, 0.05) is 30.6 Å². The number of hydrogen-bond donors (Lipinski definition) is 2. The van der Waals surface area contributed by atoms with E-state index in [0.717, 1.165) is 27.8 Å². The molecule has 0 saturated heterocycles. The fourth-order valence-electron chi connectivity index (χ4n) is 2.90. The molecule has 1 atom stereocenters. The number of nitrogens with one attached hydrogen (secondary N) is 2. The van der Waals surface area contributed by atoms with Crippen LogP contribution in [0.1, 0.15) is 27.7 Å². The van der Waals surface area contributed by atoms with Gasteiger partial charge in [0.05, 0.1) is 13.2 Å². The average molecular weight is 338 g/mol. The van der Waals surface area contributed by atoms with Crippen molar-refractivity contribution in [3.8, 4) is 5.75 Å². The van der Waals surface area contributed by atoms with Crippen molar-refractivity contribution in [2.24, 2.45) is 0 Å². The lowest BCUT2D eigenvalue weighted by atomic mass is 10.0. The van der Waals surface area contributed by atoms with Gasteiger partial charge in [0.2, 0.25) is 0 Å². The Labute approximate surface area is 147 Å². The van der Waals surface area contributed by atoms with Crippen molar-refractivity contribution in [1.29, 1.82) is 0 Å². The zero-order valence-electron chi connectivity index (χ0n) is 14.6. The number of aryl methyl sites for hydroxylation is 1. The molecule has 1 amide bonds. The number of fused-ring (bicyclic) bond motifs is 1. The molecule has 1 aromatic heterocycles. The Morgan fingerprint density at radius 1 is 1.16 bits per heavy atom. The molecule has 0 fully saturated rings.